The first-order valence-electron chi connectivity index (χ1n) is 9.29. The third kappa shape index (κ3) is 4.80. The van der Waals surface area contributed by atoms with E-state index in [0.29, 0.717) is 11.5 Å². The van der Waals surface area contributed by atoms with Crippen LogP contribution in [-0.4, -0.2) is 28.0 Å². The van der Waals surface area contributed by atoms with Gasteiger partial charge in [0.15, 0.2) is 6.61 Å². The van der Waals surface area contributed by atoms with Crippen LogP contribution in [0.25, 0.3) is 0 Å². The number of carbonyl (C=O) groups is 1. The van der Waals surface area contributed by atoms with Crippen LogP contribution in [0.4, 0.5) is 5.69 Å². The second-order valence-electron chi connectivity index (χ2n) is 6.78. The van der Waals surface area contributed by atoms with Crippen LogP contribution in [0.2, 0.25) is 0 Å². The number of aryl methyl sites for hydroxylation is 2. The van der Waals surface area contributed by atoms with Crippen molar-refractivity contribution in [1.29, 1.82) is 0 Å². The molecule has 0 bridgehead atoms. The van der Waals surface area contributed by atoms with Crippen LogP contribution in [-0.2, 0) is 14.8 Å². The van der Waals surface area contributed by atoms with Gasteiger partial charge >= 0.3 is 0 Å². The van der Waals surface area contributed by atoms with E-state index in [-0.39, 0.29) is 10.6 Å². The van der Waals surface area contributed by atoms with E-state index in [1.165, 1.54) is 19.2 Å². The first-order chi connectivity index (χ1) is 14.3. The van der Waals surface area contributed by atoms with Gasteiger partial charge in [-0.3, -0.25) is 4.79 Å². The summed E-state index contributed by atoms with van der Waals surface area (Å²) in [6.45, 7) is 3.30. The summed E-state index contributed by atoms with van der Waals surface area (Å²) in [4.78, 5) is 13.1. The van der Waals surface area contributed by atoms with Crippen molar-refractivity contribution in [3.05, 3.63) is 83.9 Å². The molecule has 0 saturated heterocycles. The summed E-state index contributed by atoms with van der Waals surface area (Å²) in [6.07, 6.45) is 0. The molecule has 0 aliphatic heterocycles. The lowest BCUT2D eigenvalue weighted by atomic mass is 10.2. The van der Waals surface area contributed by atoms with E-state index in [0.717, 1.165) is 15.4 Å². The van der Waals surface area contributed by atoms with Crippen LogP contribution >= 0.6 is 0 Å². The van der Waals surface area contributed by atoms with Crippen molar-refractivity contribution in [2.75, 3.05) is 18.0 Å². The number of benzene rings is 3. The molecule has 156 valence electrons. The number of nitrogens with zero attached hydrogens (tertiary/aromatic N) is 1. The van der Waals surface area contributed by atoms with Crippen molar-refractivity contribution < 1.29 is 22.7 Å². The van der Waals surface area contributed by atoms with Crippen LogP contribution in [0.3, 0.4) is 0 Å². The first kappa shape index (κ1) is 21.4. The number of sulfonamides is 1. The molecule has 0 atom stereocenters. The van der Waals surface area contributed by atoms with Crippen molar-refractivity contribution in [2.24, 2.45) is 0 Å². The van der Waals surface area contributed by atoms with Crippen LogP contribution < -0.4 is 13.8 Å². The molecule has 0 saturated carbocycles. The highest BCUT2D eigenvalue weighted by molar-refractivity contribution is 7.93. The lowest BCUT2D eigenvalue weighted by Crippen LogP contribution is -2.40. The quantitative estimate of drug-likeness (QED) is 0.570. The molecule has 0 radical (unpaired) electrons. The lowest BCUT2D eigenvalue weighted by molar-refractivity contribution is -0.119. The zero-order chi connectivity index (χ0) is 21.7. The normalized spacial score (nSPS) is 11.0. The highest BCUT2D eigenvalue weighted by Crippen LogP contribution is 2.25. The third-order valence-electron chi connectivity index (χ3n) is 4.46. The minimum atomic E-state index is -4.12. The Morgan fingerprint density at radius 3 is 2.03 bits per heavy atom. The van der Waals surface area contributed by atoms with Gasteiger partial charge in [0.2, 0.25) is 0 Å². The average Bonchev–Trinajstić information content (AvgIpc) is 2.74. The fourth-order valence-electron chi connectivity index (χ4n) is 2.81. The van der Waals surface area contributed by atoms with Gasteiger partial charge in [0.05, 0.1) is 17.7 Å². The Hall–Kier alpha value is -3.32. The Morgan fingerprint density at radius 1 is 0.867 bits per heavy atom. The summed E-state index contributed by atoms with van der Waals surface area (Å²) < 4.78 is 38.1. The van der Waals surface area contributed by atoms with Crippen LogP contribution in [0.15, 0.2) is 77.7 Å². The van der Waals surface area contributed by atoms with Gasteiger partial charge in [0.1, 0.15) is 11.5 Å². The van der Waals surface area contributed by atoms with Crippen LogP contribution in [0.1, 0.15) is 11.1 Å². The molecular formula is C23H23NO5S. The number of rotatable bonds is 7. The molecule has 3 rings (SSSR count). The molecule has 30 heavy (non-hydrogen) atoms. The largest absolute Gasteiger partial charge is 0.497 e. The van der Waals surface area contributed by atoms with Gasteiger partial charge in [-0.1, -0.05) is 41.5 Å². The summed E-state index contributed by atoms with van der Waals surface area (Å²) in [5.41, 5.74) is 2.12. The van der Waals surface area contributed by atoms with Gasteiger partial charge in [0, 0.05) is 6.07 Å². The molecule has 0 N–H and O–H groups in total. The third-order valence-corrected chi connectivity index (χ3v) is 6.22. The molecule has 0 fully saturated rings. The summed E-state index contributed by atoms with van der Waals surface area (Å²) >= 11 is 0. The molecule has 3 aromatic carbocycles. The minimum absolute atomic E-state index is 0.0309. The van der Waals surface area contributed by atoms with Crippen molar-refractivity contribution >= 4 is 21.6 Å². The molecule has 1 amide bonds. The molecule has 0 spiro atoms. The Morgan fingerprint density at radius 2 is 1.43 bits per heavy atom. The number of hydrogen-bond donors (Lipinski definition) is 0. The van der Waals surface area contributed by atoms with E-state index in [1.54, 1.807) is 60.7 Å². The Balaban J connectivity index is 1.93. The first-order valence-corrected chi connectivity index (χ1v) is 10.7. The van der Waals surface area contributed by atoms with Gasteiger partial charge in [-0.15, -0.1) is 0 Å². The van der Waals surface area contributed by atoms with E-state index in [9.17, 15) is 13.2 Å². The van der Waals surface area contributed by atoms with E-state index < -0.39 is 22.5 Å². The van der Waals surface area contributed by atoms with Gasteiger partial charge in [0.25, 0.3) is 15.9 Å². The van der Waals surface area contributed by atoms with Gasteiger partial charge in [-0.05, 0) is 50.2 Å². The zero-order valence-corrected chi connectivity index (χ0v) is 17.8. The number of anilines is 1. The number of methoxy groups -OCH3 is 1. The number of hydrogen-bond acceptors (Lipinski definition) is 5. The van der Waals surface area contributed by atoms with E-state index in [2.05, 4.69) is 0 Å². The molecule has 3 aromatic rings. The Bertz CT molecular complexity index is 1120. The van der Waals surface area contributed by atoms with E-state index >= 15 is 0 Å². The minimum Gasteiger partial charge on any atom is -0.497 e. The topological polar surface area (TPSA) is 72.9 Å². The molecule has 7 heteroatoms. The van der Waals surface area contributed by atoms with Crippen LogP contribution in [0.5, 0.6) is 11.5 Å². The molecular weight excluding hydrogens is 402 g/mol. The second kappa shape index (κ2) is 9.00. The van der Waals surface area contributed by atoms with E-state index in [1.807, 2.05) is 13.8 Å². The van der Waals surface area contributed by atoms with Crippen molar-refractivity contribution in [3.8, 4) is 11.5 Å². The number of amides is 1. The SMILES string of the molecule is COc1cccc(OCC(=O)N(c2ccc(C)cc2)S(=O)(=O)c2ccc(C)cc2)c1. The lowest BCUT2D eigenvalue weighted by Gasteiger charge is -2.23. The smallest absolute Gasteiger partial charge is 0.278 e. The summed E-state index contributed by atoms with van der Waals surface area (Å²) in [7, 11) is -2.60. The van der Waals surface area contributed by atoms with Gasteiger partial charge < -0.3 is 9.47 Å². The molecule has 0 aliphatic rings. The fraction of sp³-hybridized carbons (Fsp3) is 0.174. The predicted octanol–water partition coefficient (Wildman–Crippen LogP) is 4.11. The summed E-state index contributed by atoms with van der Waals surface area (Å²) in [5, 5.41) is 0. The predicted molar refractivity (Wildman–Crippen MR) is 116 cm³/mol. The van der Waals surface area contributed by atoms with Crippen molar-refractivity contribution in [2.45, 2.75) is 18.7 Å². The standard InChI is InChI=1S/C23H23NO5S/c1-17-7-11-19(12-8-17)24(30(26,27)22-13-9-18(2)10-14-22)23(25)16-29-21-6-4-5-20(15-21)28-3/h4-15H,16H2,1-3H3. The van der Waals surface area contributed by atoms with Gasteiger partial charge in [-0.2, -0.15) is 4.31 Å². The zero-order valence-electron chi connectivity index (χ0n) is 17.0. The second-order valence-corrected chi connectivity index (χ2v) is 8.57. The average molecular weight is 426 g/mol. The van der Waals surface area contributed by atoms with E-state index in [4.69, 9.17) is 9.47 Å². The monoisotopic (exact) mass is 425 g/mol. The Kier molecular flexibility index (Phi) is 6.42. The van der Waals surface area contributed by atoms with Crippen LogP contribution in [0, 0.1) is 13.8 Å². The van der Waals surface area contributed by atoms with Gasteiger partial charge in [-0.25, -0.2) is 8.42 Å². The maximum atomic E-state index is 13.3. The van der Waals surface area contributed by atoms with Crippen molar-refractivity contribution in [1.82, 2.24) is 0 Å². The molecule has 6 nitrogen and oxygen atoms in total. The molecule has 0 unspecified atom stereocenters. The summed E-state index contributed by atoms with van der Waals surface area (Å²) in [6, 6.07) is 19.8. The highest BCUT2D eigenvalue weighted by atomic mass is 32.2. The number of carbonyl (C=O) groups excluding carboxylic acids is 1. The van der Waals surface area contributed by atoms with Crippen molar-refractivity contribution in [3.63, 3.8) is 0 Å². The highest BCUT2D eigenvalue weighted by Gasteiger charge is 2.31. The molecule has 0 aliphatic carbocycles. The Labute approximate surface area is 176 Å². The molecule has 0 heterocycles. The fourth-order valence-corrected chi connectivity index (χ4v) is 4.22. The molecule has 0 aromatic heterocycles. The summed E-state index contributed by atoms with van der Waals surface area (Å²) in [5.74, 6) is 0.268. The maximum Gasteiger partial charge on any atom is 0.278 e. The maximum absolute atomic E-state index is 13.3. The number of ether oxygens (including phenoxy) is 2.